The lowest BCUT2D eigenvalue weighted by molar-refractivity contribution is -0.139. The summed E-state index contributed by atoms with van der Waals surface area (Å²) in [6, 6.07) is 14.9. The first-order valence-corrected chi connectivity index (χ1v) is 16.3. The Labute approximate surface area is 283 Å². The van der Waals surface area contributed by atoms with Crippen LogP contribution in [0.4, 0.5) is 0 Å². The van der Waals surface area contributed by atoms with Gasteiger partial charge in [0.05, 0.1) is 38.6 Å². The minimum atomic E-state index is -0.819. The highest BCUT2D eigenvalue weighted by molar-refractivity contribution is 7.07. The van der Waals surface area contributed by atoms with Gasteiger partial charge >= 0.3 is 5.97 Å². The second-order valence-electron chi connectivity index (χ2n) is 10.3. The van der Waals surface area contributed by atoms with E-state index in [1.54, 1.807) is 50.3 Å². The number of benzene rings is 3. The molecule has 1 aromatic heterocycles. The number of nitrogens with zero attached hydrogens (tertiary/aromatic N) is 2. The summed E-state index contributed by atoms with van der Waals surface area (Å²) in [5.74, 6) is 0.281. The quantitative estimate of drug-likeness (QED) is 0.166. The molecule has 45 heavy (non-hydrogen) atoms. The number of allylic oxidation sites excluding steroid dienone is 1. The lowest BCUT2D eigenvalue weighted by Gasteiger charge is -2.26. The van der Waals surface area contributed by atoms with Gasteiger partial charge in [0, 0.05) is 21.2 Å². The fourth-order valence-corrected chi connectivity index (χ4v) is 7.02. The van der Waals surface area contributed by atoms with E-state index in [-0.39, 0.29) is 46.2 Å². The number of hydrogen-bond acceptors (Lipinski definition) is 7. The van der Waals surface area contributed by atoms with Crippen molar-refractivity contribution in [3.63, 3.8) is 0 Å². The van der Waals surface area contributed by atoms with Crippen molar-refractivity contribution in [3.8, 4) is 11.5 Å². The lowest BCUT2D eigenvalue weighted by Crippen LogP contribution is -2.40. The molecule has 0 unspecified atom stereocenters. The molecular formula is C33H28Cl4N2O5S. The monoisotopic (exact) mass is 704 g/mol. The fourth-order valence-electron chi connectivity index (χ4n) is 4.89. The Morgan fingerprint density at radius 3 is 2.42 bits per heavy atom. The Hall–Kier alpha value is -3.27. The number of rotatable bonds is 9. The summed E-state index contributed by atoms with van der Waals surface area (Å²) in [6.07, 6.45) is 1.54. The van der Waals surface area contributed by atoms with Crippen LogP contribution in [0.15, 0.2) is 75.7 Å². The predicted octanol–water partition coefficient (Wildman–Crippen LogP) is 7.78. The Kier molecular flexibility index (Phi) is 10.3. The molecule has 3 aromatic carbocycles. The molecule has 0 amide bonds. The third kappa shape index (κ3) is 7.11. The Balaban J connectivity index is 1.58. The fraction of sp³-hybridized carbons (Fsp3) is 0.242. The molecule has 0 saturated heterocycles. The zero-order valence-corrected chi connectivity index (χ0v) is 28.5. The van der Waals surface area contributed by atoms with Gasteiger partial charge in [-0.3, -0.25) is 9.36 Å². The molecule has 4 aromatic rings. The van der Waals surface area contributed by atoms with E-state index in [2.05, 4.69) is 4.99 Å². The molecule has 234 valence electrons. The van der Waals surface area contributed by atoms with Crippen molar-refractivity contribution in [2.24, 2.45) is 4.99 Å². The zero-order chi connectivity index (χ0) is 32.4. The van der Waals surface area contributed by atoms with Crippen LogP contribution >= 0.6 is 57.7 Å². The largest absolute Gasteiger partial charge is 0.491 e. The first kappa shape index (κ1) is 33.1. The zero-order valence-electron chi connectivity index (χ0n) is 24.7. The SMILES string of the molecule is CCOC(=O)C1=C(C)N=c2s/c(=C/c3cc(Cl)c(OCc4ccc(Cl)cc4Cl)c(Cl)c3)c(=O)n2[C@H]1c1ccccc1OC(C)C. The van der Waals surface area contributed by atoms with E-state index >= 15 is 0 Å². The number of fused-ring (bicyclic) bond motifs is 1. The Morgan fingerprint density at radius 2 is 1.76 bits per heavy atom. The third-order valence-corrected chi connectivity index (χ3v) is 8.93. The maximum atomic E-state index is 14.1. The van der Waals surface area contributed by atoms with Crippen LogP contribution in [-0.2, 0) is 16.1 Å². The highest BCUT2D eigenvalue weighted by Gasteiger charge is 2.35. The highest BCUT2D eigenvalue weighted by Crippen LogP contribution is 2.37. The molecule has 12 heteroatoms. The summed E-state index contributed by atoms with van der Waals surface area (Å²) >= 11 is 26.6. The number of ether oxygens (including phenoxy) is 3. The van der Waals surface area contributed by atoms with Crippen molar-refractivity contribution in [1.82, 2.24) is 4.57 Å². The van der Waals surface area contributed by atoms with Crippen molar-refractivity contribution in [2.75, 3.05) is 6.61 Å². The van der Waals surface area contributed by atoms with Crippen LogP contribution in [0.25, 0.3) is 6.08 Å². The summed E-state index contributed by atoms with van der Waals surface area (Å²) in [5, 5.41) is 1.48. The number of aromatic nitrogens is 1. The molecule has 7 nitrogen and oxygen atoms in total. The van der Waals surface area contributed by atoms with E-state index in [4.69, 9.17) is 60.6 Å². The van der Waals surface area contributed by atoms with Gasteiger partial charge in [-0.1, -0.05) is 82.0 Å². The average molecular weight is 706 g/mol. The number of para-hydroxylation sites is 1. The smallest absolute Gasteiger partial charge is 0.338 e. The average Bonchev–Trinajstić information content (AvgIpc) is 3.26. The van der Waals surface area contributed by atoms with Gasteiger partial charge in [-0.2, -0.15) is 0 Å². The third-order valence-electron chi connectivity index (χ3n) is 6.80. The number of thiazole rings is 1. The summed E-state index contributed by atoms with van der Waals surface area (Å²) in [4.78, 5) is 32.4. The molecule has 1 aliphatic rings. The van der Waals surface area contributed by atoms with Crippen molar-refractivity contribution < 1.29 is 19.0 Å². The molecule has 0 aliphatic carbocycles. The van der Waals surface area contributed by atoms with Crippen LogP contribution < -0.4 is 24.4 Å². The first-order chi connectivity index (χ1) is 21.5. The number of carbonyl (C=O) groups excluding carboxylic acids is 1. The van der Waals surface area contributed by atoms with Crippen LogP contribution in [0, 0.1) is 0 Å². The van der Waals surface area contributed by atoms with Gasteiger partial charge in [0.15, 0.2) is 10.6 Å². The standard InChI is InChI=1S/C33H28Cl4N2O5S/c1-5-42-32(41)28-18(4)38-33-39(29(28)22-8-6-7-9-26(22)44-17(2)3)31(40)27(45-33)14-19-12-24(36)30(25(37)13-19)43-16-20-10-11-21(34)15-23(20)35/h6-15,17,29H,5,16H2,1-4H3/b27-14+/t29-/m0/s1. The topological polar surface area (TPSA) is 79.1 Å². The molecule has 0 radical (unpaired) electrons. The van der Waals surface area contributed by atoms with Gasteiger partial charge in [-0.05, 0) is 69.7 Å². The second-order valence-corrected chi connectivity index (χ2v) is 13.0. The minimum Gasteiger partial charge on any atom is -0.491 e. The van der Waals surface area contributed by atoms with E-state index < -0.39 is 12.0 Å². The molecule has 0 N–H and O–H groups in total. The summed E-state index contributed by atoms with van der Waals surface area (Å²) in [5.41, 5.74) is 2.31. The van der Waals surface area contributed by atoms with Gasteiger partial charge < -0.3 is 14.2 Å². The van der Waals surface area contributed by atoms with Crippen LogP contribution in [0.5, 0.6) is 11.5 Å². The van der Waals surface area contributed by atoms with Gasteiger partial charge in [-0.25, -0.2) is 9.79 Å². The minimum absolute atomic E-state index is 0.123. The summed E-state index contributed by atoms with van der Waals surface area (Å²) in [6.45, 7) is 7.58. The van der Waals surface area contributed by atoms with Gasteiger partial charge in [0.1, 0.15) is 18.4 Å². The molecule has 0 fully saturated rings. The van der Waals surface area contributed by atoms with Crippen LogP contribution in [0.2, 0.25) is 20.1 Å². The van der Waals surface area contributed by atoms with E-state index in [1.807, 2.05) is 38.1 Å². The van der Waals surface area contributed by atoms with E-state index in [1.165, 1.54) is 15.9 Å². The maximum absolute atomic E-state index is 14.1. The van der Waals surface area contributed by atoms with Gasteiger partial charge in [0.25, 0.3) is 5.56 Å². The summed E-state index contributed by atoms with van der Waals surface area (Å²) < 4.78 is 19.3. The number of esters is 1. The Bertz CT molecular complexity index is 1980. The molecule has 2 heterocycles. The normalized spacial score (nSPS) is 14.8. The Morgan fingerprint density at radius 1 is 1.04 bits per heavy atom. The number of halogens is 4. The van der Waals surface area contributed by atoms with E-state index in [9.17, 15) is 9.59 Å². The van der Waals surface area contributed by atoms with Crippen molar-refractivity contribution in [1.29, 1.82) is 0 Å². The molecular weight excluding hydrogens is 678 g/mol. The molecule has 5 rings (SSSR count). The van der Waals surface area contributed by atoms with Crippen LogP contribution in [0.3, 0.4) is 0 Å². The van der Waals surface area contributed by atoms with Crippen LogP contribution in [0.1, 0.15) is 50.4 Å². The molecule has 1 atom stereocenters. The van der Waals surface area contributed by atoms with E-state index in [0.29, 0.717) is 47.5 Å². The summed E-state index contributed by atoms with van der Waals surface area (Å²) in [7, 11) is 0. The molecule has 0 spiro atoms. The molecule has 0 bridgehead atoms. The number of hydrogen-bond donors (Lipinski definition) is 0. The molecule has 0 saturated carbocycles. The van der Waals surface area contributed by atoms with Crippen molar-refractivity contribution in [2.45, 2.75) is 46.4 Å². The lowest BCUT2D eigenvalue weighted by atomic mass is 9.95. The predicted molar refractivity (Wildman–Crippen MR) is 180 cm³/mol. The van der Waals surface area contributed by atoms with Crippen molar-refractivity contribution in [3.05, 3.63) is 122 Å². The van der Waals surface area contributed by atoms with Crippen LogP contribution in [-0.4, -0.2) is 23.2 Å². The van der Waals surface area contributed by atoms with Gasteiger partial charge in [-0.15, -0.1) is 0 Å². The molecule has 1 aliphatic heterocycles. The second kappa shape index (κ2) is 14.0. The highest BCUT2D eigenvalue weighted by atomic mass is 35.5. The van der Waals surface area contributed by atoms with Crippen molar-refractivity contribution >= 4 is 69.8 Å². The number of carbonyl (C=O) groups is 1. The van der Waals surface area contributed by atoms with E-state index in [0.717, 1.165) is 0 Å². The van der Waals surface area contributed by atoms with Gasteiger partial charge in [0.2, 0.25) is 0 Å². The maximum Gasteiger partial charge on any atom is 0.338 e. The first-order valence-electron chi connectivity index (χ1n) is 14.0.